The van der Waals surface area contributed by atoms with Crippen molar-refractivity contribution in [3.8, 4) is 11.5 Å². The van der Waals surface area contributed by atoms with Crippen LogP contribution in [0.15, 0.2) is 24.3 Å². The molecule has 0 aliphatic heterocycles. The first kappa shape index (κ1) is 17.3. The second kappa shape index (κ2) is 6.75. The first-order valence-corrected chi connectivity index (χ1v) is 8.42. The van der Waals surface area contributed by atoms with E-state index in [0.29, 0.717) is 0 Å². The molecule has 1 N–H and O–H groups in total. The Labute approximate surface area is 148 Å². The van der Waals surface area contributed by atoms with Crippen LogP contribution in [0.2, 0.25) is 0 Å². The minimum absolute atomic E-state index is 0.0340. The van der Waals surface area contributed by atoms with Gasteiger partial charge in [-0.05, 0) is 57.0 Å². The van der Waals surface area contributed by atoms with Crippen LogP contribution in [-0.2, 0) is 4.79 Å². The van der Waals surface area contributed by atoms with Crippen molar-refractivity contribution in [1.82, 2.24) is 4.98 Å². The minimum atomic E-state index is -0.0545. The zero-order valence-corrected chi connectivity index (χ0v) is 15.3. The van der Waals surface area contributed by atoms with Crippen molar-refractivity contribution in [1.29, 1.82) is 0 Å². The summed E-state index contributed by atoms with van der Waals surface area (Å²) in [4.78, 5) is 17.1. The van der Waals surface area contributed by atoms with Gasteiger partial charge in [-0.25, -0.2) is 0 Å². The van der Waals surface area contributed by atoms with Crippen molar-refractivity contribution in [3.63, 3.8) is 0 Å². The largest absolute Gasteiger partial charge is 0.497 e. The highest BCUT2D eigenvalue weighted by Crippen LogP contribution is 2.51. The van der Waals surface area contributed by atoms with Gasteiger partial charge in [0.05, 0.1) is 25.6 Å². The van der Waals surface area contributed by atoms with Crippen LogP contribution in [0.3, 0.4) is 0 Å². The van der Waals surface area contributed by atoms with Crippen LogP contribution in [-0.4, -0.2) is 25.1 Å². The quantitative estimate of drug-likeness (QED) is 0.900. The first-order chi connectivity index (χ1) is 11.9. The van der Waals surface area contributed by atoms with Crippen LogP contribution in [0, 0.1) is 26.7 Å². The lowest BCUT2D eigenvalue weighted by molar-refractivity contribution is -0.117. The predicted octanol–water partition coefficient (Wildman–Crippen LogP) is 3.77. The van der Waals surface area contributed by atoms with Crippen molar-refractivity contribution < 1.29 is 14.3 Å². The number of anilines is 1. The number of ether oxygens (including phenoxy) is 2. The molecule has 2 aromatic rings. The van der Waals surface area contributed by atoms with Gasteiger partial charge in [-0.15, -0.1) is 0 Å². The van der Waals surface area contributed by atoms with Gasteiger partial charge in [0.25, 0.3) is 0 Å². The van der Waals surface area contributed by atoms with Gasteiger partial charge in [0.1, 0.15) is 11.5 Å². The average Bonchev–Trinajstić information content (AvgIpc) is 3.38. The van der Waals surface area contributed by atoms with Crippen LogP contribution in [0.25, 0.3) is 0 Å². The lowest BCUT2D eigenvalue weighted by Crippen LogP contribution is -2.17. The lowest BCUT2D eigenvalue weighted by Gasteiger charge is -2.13. The molecule has 2 atom stereocenters. The summed E-state index contributed by atoms with van der Waals surface area (Å²) in [5.74, 6) is 1.71. The molecule has 1 fully saturated rings. The third kappa shape index (κ3) is 3.45. The highest BCUT2D eigenvalue weighted by Gasteiger charge is 2.45. The van der Waals surface area contributed by atoms with E-state index in [0.717, 1.165) is 46.1 Å². The molecule has 0 unspecified atom stereocenters. The van der Waals surface area contributed by atoms with Crippen LogP contribution >= 0.6 is 0 Å². The van der Waals surface area contributed by atoms with E-state index in [2.05, 4.69) is 10.3 Å². The number of aromatic nitrogens is 1. The topological polar surface area (TPSA) is 60.5 Å². The van der Waals surface area contributed by atoms with E-state index in [4.69, 9.17) is 9.47 Å². The minimum Gasteiger partial charge on any atom is -0.497 e. The molecule has 132 valence electrons. The first-order valence-electron chi connectivity index (χ1n) is 8.42. The smallest absolute Gasteiger partial charge is 0.228 e. The second-order valence-corrected chi connectivity index (χ2v) is 6.59. The average molecular weight is 340 g/mol. The summed E-state index contributed by atoms with van der Waals surface area (Å²) in [6.07, 6.45) is 0.812. The normalized spacial score (nSPS) is 18.6. The number of pyridine rings is 1. The molecular weight excluding hydrogens is 316 g/mol. The summed E-state index contributed by atoms with van der Waals surface area (Å²) < 4.78 is 10.7. The Morgan fingerprint density at radius 2 is 1.92 bits per heavy atom. The van der Waals surface area contributed by atoms with Gasteiger partial charge < -0.3 is 14.8 Å². The highest BCUT2D eigenvalue weighted by atomic mass is 16.5. The van der Waals surface area contributed by atoms with Crippen LogP contribution in [0.4, 0.5) is 5.69 Å². The number of hydrogen-bond acceptors (Lipinski definition) is 4. The molecule has 3 rings (SSSR count). The van der Waals surface area contributed by atoms with Gasteiger partial charge in [0, 0.05) is 23.1 Å². The number of benzene rings is 1. The molecule has 1 aromatic carbocycles. The molecule has 0 radical (unpaired) electrons. The maximum absolute atomic E-state index is 12.7. The Bertz CT molecular complexity index is 794. The van der Waals surface area contributed by atoms with Gasteiger partial charge in [-0.3, -0.25) is 9.78 Å². The Hall–Kier alpha value is -2.56. The zero-order valence-electron chi connectivity index (χ0n) is 15.3. The molecule has 1 amide bonds. The SMILES string of the molecule is COc1ccc(OC)c([C@@H]2C[C@H]2C(=O)Nc2c(C)cc(C)nc2C)c1. The maximum atomic E-state index is 12.7. The van der Waals surface area contributed by atoms with Gasteiger partial charge >= 0.3 is 0 Å². The third-order valence-electron chi connectivity index (χ3n) is 4.74. The van der Waals surface area contributed by atoms with Crippen molar-refractivity contribution >= 4 is 11.6 Å². The molecule has 0 bridgehead atoms. The van der Waals surface area contributed by atoms with E-state index >= 15 is 0 Å². The fourth-order valence-corrected chi connectivity index (χ4v) is 3.39. The maximum Gasteiger partial charge on any atom is 0.228 e. The fraction of sp³-hybridized carbons (Fsp3) is 0.400. The molecular formula is C20H24N2O3. The Kier molecular flexibility index (Phi) is 4.66. The number of hydrogen-bond donors (Lipinski definition) is 1. The molecule has 25 heavy (non-hydrogen) atoms. The summed E-state index contributed by atoms with van der Waals surface area (Å²) in [5.41, 5.74) is 4.69. The van der Waals surface area contributed by atoms with Crippen LogP contribution in [0.5, 0.6) is 11.5 Å². The number of rotatable bonds is 5. The molecule has 5 heteroatoms. The number of amides is 1. The number of carbonyl (C=O) groups excluding carboxylic acids is 1. The summed E-state index contributed by atoms with van der Waals surface area (Å²) in [6.45, 7) is 5.87. The van der Waals surface area contributed by atoms with Gasteiger partial charge in [-0.1, -0.05) is 0 Å². The lowest BCUT2D eigenvalue weighted by atomic mass is 10.1. The van der Waals surface area contributed by atoms with E-state index in [1.807, 2.05) is 45.0 Å². The molecule has 0 spiro atoms. The van der Waals surface area contributed by atoms with E-state index in [1.165, 1.54) is 0 Å². The summed E-state index contributed by atoms with van der Waals surface area (Å²) in [5, 5.41) is 3.06. The fourth-order valence-electron chi connectivity index (χ4n) is 3.39. The van der Waals surface area contributed by atoms with Crippen molar-refractivity contribution in [2.45, 2.75) is 33.1 Å². The third-order valence-corrected chi connectivity index (χ3v) is 4.74. The summed E-state index contributed by atoms with van der Waals surface area (Å²) >= 11 is 0. The molecule has 0 saturated heterocycles. The number of carbonyl (C=O) groups is 1. The Balaban J connectivity index is 1.77. The van der Waals surface area contributed by atoms with E-state index in [1.54, 1.807) is 14.2 Å². The Morgan fingerprint density at radius 3 is 2.56 bits per heavy atom. The number of nitrogens with one attached hydrogen (secondary N) is 1. The van der Waals surface area contributed by atoms with Crippen LogP contribution < -0.4 is 14.8 Å². The van der Waals surface area contributed by atoms with E-state index in [-0.39, 0.29) is 17.7 Å². The van der Waals surface area contributed by atoms with Crippen LogP contribution in [0.1, 0.15) is 34.9 Å². The van der Waals surface area contributed by atoms with E-state index < -0.39 is 0 Å². The predicted molar refractivity (Wildman–Crippen MR) is 97.5 cm³/mol. The monoisotopic (exact) mass is 340 g/mol. The standard InChI is InChI=1S/C20H24N2O3/c1-11-8-12(2)21-13(3)19(11)22-20(23)17-10-15(17)16-9-14(24-4)6-7-18(16)25-5/h6-9,15,17H,10H2,1-5H3,(H,22,23)/t15-,17+/m0/s1. The van der Waals surface area contributed by atoms with Gasteiger partial charge in [0.2, 0.25) is 5.91 Å². The number of aryl methyl sites for hydroxylation is 3. The molecule has 1 heterocycles. The molecule has 1 aliphatic rings. The molecule has 1 saturated carbocycles. The molecule has 1 aliphatic carbocycles. The highest BCUT2D eigenvalue weighted by molar-refractivity contribution is 5.96. The van der Waals surface area contributed by atoms with Gasteiger partial charge in [-0.2, -0.15) is 0 Å². The van der Waals surface area contributed by atoms with E-state index in [9.17, 15) is 4.79 Å². The van der Waals surface area contributed by atoms with Crippen molar-refractivity contribution in [2.75, 3.05) is 19.5 Å². The second-order valence-electron chi connectivity index (χ2n) is 6.59. The summed E-state index contributed by atoms with van der Waals surface area (Å²) in [7, 11) is 3.28. The Morgan fingerprint density at radius 1 is 1.16 bits per heavy atom. The number of nitrogens with zero attached hydrogens (tertiary/aromatic N) is 1. The molecule has 5 nitrogen and oxygen atoms in total. The van der Waals surface area contributed by atoms with Gasteiger partial charge in [0.15, 0.2) is 0 Å². The van der Waals surface area contributed by atoms with Crippen molar-refractivity contribution in [2.24, 2.45) is 5.92 Å². The molecule has 1 aromatic heterocycles. The summed E-state index contributed by atoms with van der Waals surface area (Å²) in [6, 6.07) is 7.70. The number of methoxy groups -OCH3 is 2. The zero-order chi connectivity index (χ0) is 18.1. The van der Waals surface area contributed by atoms with Crippen molar-refractivity contribution in [3.05, 3.63) is 46.8 Å².